The number of anilines is 3. The third-order valence-electron chi connectivity index (χ3n) is 11.6. The van der Waals surface area contributed by atoms with Gasteiger partial charge in [0, 0.05) is 42.7 Å². The second-order valence-electron chi connectivity index (χ2n) is 15.3. The molecule has 60 heavy (non-hydrogen) atoms. The minimum Gasteiger partial charge on any atom is -0.309 e. The van der Waals surface area contributed by atoms with Gasteiger partial charge in [-0.3, -0.25) is 0 Å². The minimum atomic E-state index is 1.09. The maximum Gasteiger partial charge on any atom is 0.0618 e. The van der Waals surface area contributed by atoms with Crippen molar-refractivity contribution in [3.8, 4) is 55.6 Å². The van der Waals surface area contributed by atoms with Crippen LogP contribution in [0.2, 0.25) is 0 Å². The summed E-state index contributed by atoms with van der Waals surface area (Å²) in [4.78, 5) is 2.49. The molecule has 1 nitrogen and oxygen atoms in total. The molecule has 0 aliphatic heterocycles. The first kappa shape index (κ1) is 35.6. The number of rotatable bonds is 8. The van der Waals surface area contributed by atoms with E-state index in [9.17, 15) is 0 Å². The third kappa shape index (κ3) is 6.54. The zero-order valence-electron chi connectivity index (χ0n) is 32.9. The van der Waals surface area contributed by atoms with Crippen molar-refractivity contribution in [2.45, 2.75) is 0 Å². The summed E-state index contributed by atoms with van der Waals surface area (Å²) in [6.07, 6.45) is 0. The Kier molecular flexibility index (Phi) is 9.11. The smallest absolute Gasteiger partial charge is 0.0618 e. The molecule has 1 heterocycles. The maximum absolute atomic E-state index is 2.49. The maximum atomic E-state index is 2.49. The average molecular weight is 782 g/mol. The summed E-state index contributed by atoms with van der Waals surface area (Å²) in [5, 5.41) is 5.15. The molecule has 0 aliphatic carbocycles. The quantitative estimate of drug-likeness (QED) is 0.148. The van der Waals surface area contributed by atoms with Crippen molar-refractivity contribution in [2.24, 2.45) is 0 Å². The zero-order valence-corrected chi connectivity index (χ0v) is 33.7. The van der Waals surface area contributed by atoms with E-state index in [1.807, 2.05) is 11.3 Å². The third-order valence-corrected chi connectivity index (χ3v) is 12.8. The van der Waals surface area contributed by atoms with Gasteiger partial charge in [-0.1, -0.05) is 194 Å². The van der Waals surface area contributed by atoms with Gasteiger partial charge in [-0.2, -0.15) is 0 Å². The van der Waals surface area contributed by atoms with Crippen molar-refractivity contribution in [1.82, 2.24) is 0 Å². The van der Waals surface area contributed by atoms with Crippen LogP contribution in [0.4, 0.5) is 17.1 Å². The lowest BCUT2D eigenvalue weighted by Crippen LogP contribution is -2.13. The van der Waals surface area contributed by atoms with Gasteiger partial charge in [0.2, 0.25) is 0 Å². The second-order valence-corrected chi connectivity index (χ2v) is 16.3. The SMILES string of the molecule is c1ccc(-c2cccc(-c3ccc(N(c4ccc5c(c4)sc4c6ccccc6ccc54)c4c(-c5ccccc5)cc(-c5ccccc5)cc4-c4ccccc4)cc3)c2)cc1. The Balaban J connectivity index is 1.16. The van der Waals surface area contributed by atoms with Crippen LogP contribution in [0, 0.1) is 0 Å². The van der Waals surface area contributed by atoms with Gasteiger partial charge in [-0.05, 0) is 97.7 Å². The van der Waals surface area contributed by atoms with Gasteiger partial charge in [0.25, 0.3) is 0 Å². The van der Waals surface area contributed by atoms with E-state index in [4.69, 9.17) is 0 Å². The number of hydrogen-bond donors (Lipinski definition) is 0. The first-order chi connectivity index (χ1) is 29.7. The summed E-state index contributed by atoms with van der Waals surface area (Å²) in [7, 11) is 0. The van der Waals surface area contributed by atoms with E-state index < -0.39 is 0 Å². The highest BCUT2D eigenvalue weighted by Gasteiger charge is 2.24. The summed E-state index contributed by atoms with van der Waals surface area (Å²) >= 11 is 1.89. The van der Waals surface area contributed by atoms with E-state index in [0.29, 0.717) is 0 Å². The Hall–Kier alpha value is -7.52. The highest BCUT2D eigenvalue weighted by molar-refractivity contribution is 7.26. The molecule has 0 saturated carbocycles. The fourth-order valence-electron chi connectivity index (χ4n) is 8.70. The van der Waals surface area contributed by atoms with Crippen LogP contribution >= 0.6 is 11.3 Å². The van der Waals surface area contributed by atoms with Crippen LogP contribution in [0.25, 0.3) is 86.6 Å². The Bertz CT molecular complexity index is 3220. The molecule has 1 aromatic heterocycles. The molecule has 0 fully saturated rings. The summed E-state index contributed by atoms with van der Waals surface area (Å²) in [5.74, 6) is 0. The number of nitrogens with zero attached hydrogens (tertiary/aromatic N) is 1. The van der Waals surface area contributed by atoms with Gasteiger partial charge >= 0.3 is 0 Å². The van der Waals surface area contributed by atoms with E-state index >= 15 is 0 Å². The van der Waals surface area contributed by atoms with Crippen LogP contribution in [-0.2, 0) is 0 Å². The average Bonchev–Trinajstić information content (AvgIpc) is 3.72. The predicted octanol–water partition coefficient (Wildman–Crippen LogP) is 17.0. The molecule has 11 aromatic rings. The van der Waals surface area contributed by atoms with Crippen molar-refractivity contribution in [1.29, 1.82) is 0 Å². The molecule has 0 radical (unpaired) electrons. The van der Waals surface area contributed by atoms with E-state index in [0.717, 1.165) is 39.3 Å². The van der Waals surface area contributed by atoms with E-state index in [2.05, 4.69) is 241 Å². The summed E-state index contributed by atoms with van der Waals surface area (Å²) < 4.78 is 2.60. The highest BCUT2D eigenvalue weighted by atomic mass is 32.1. The fourth-order valence-corrected chi connectivity index (χ4v) is 9.97. The lowest BCUT2D eigenvalue weighted by atomic mass is 9.89. The molecule has 2 heteroatoms. The number of benzene rings is 10. The number of thiophene rings is 1. The fraction of sp³-hybridized carbons (Fsp3) is 0. The Morgan fingerprint density at radius 3 is 1.38 bits per heavy atom. The molecule has 11 rings (SSSR count). The van der Waals surface area contributed by atoms with Gasteiger partial charge < -0.3 is 4.90 Å². The molecule has 0 atom stereocenters. The van der Waals surface area contributed by atoms with Crippen LogP contribution in [-0.4, -0.2) is 0 Å². The number of fused-ring (bicyclic) bond motifs is 5. The molecule has 0 unspecified atom stereocenters. The van der Waals surface area contributed by atoms with Gasteiger partial charge in [0.05, 0.1) is 5.69 Å². The largest absolute Gasteiger partial charge is 0.309 e. The Morgan fingerprint density at radius 2 is 0.767 bits per heavy atom. The van der Waals surface area contributed by atoms with Crippen LogP contribution in [0.3, 0.4) is 0 Å². The van der Waals surface area contributed by atoms with E-state index in [1.54, 1.807) is 0 Å². The van der Waals surface area contributed by atoms with Gasteiger partial charge in [0.15, 0.2) is 0 Å². The van der Waals surface area contributed by atoms with Crippen LogP contribution < -0.4 is 4.90 Å². The summed E-state index contributed by atoms with van der Waals surface area (Å²) in [6.45, 7) is 0. The van der Waals surface area contributed by atoms with Crippen molar-refractivity contribution < 1.29 is 0 Å². The molecule has 10 aromatic carbocycles. The highest BCUT2D eigenvalue weighted by Crippen LogP contribution is 2.50. The Morgan fingerprint density at radius 1 is 0.283 bits per heavy atom. The van der Waals surface area contributed by atoms with Crippen molar-refractivity contribution in [3.05, 3.63) is 237 Å². The first-order valence-electron chi connectivity index (χ1n) is 20.5. The molecule has 0 spiro atoms. The molecule has 282 valence electrons. The van der Waals surface area contributed by atoms with Crippen LogP contribution in [0.1, 0.15) is 0 Å². The molecule has 0 aliphatic rings. The predicted molar refractivity (Wildman–Crippen MR) is 259 cm³/mol. The lowest BCUT2D eigenvalue weighted by Gasteiger charge is -2.31. The second kappa shape index (κ2) is 15.3. The zero-order chi connectivity index (χ0) is 39.8. The minimum absolute atomic E-state index is 1.09. The first-order valence-corrected chi connectivity index (χ1v) is 21.3. The monoisotopic (exact) mass is 781 g/mol. The molecule has 0 amide bonds. The van der Waals surface area contributed by atoms with Crippen LogP contribution in [0.15, 0.2) is 237 Å². The topological polar surface area (TPSA) is 3.24 Å². The van der Waals surface area contributed by atoms with Crippen molar-refractivity contribution in [2.75, 3.05) is 4.90 Å². The molecular formula is C58H39NS. The lowest BCUT2D eigenvalue weighted by molar-refractivity contribution is 1.29. The van der Waals surface area contributed by atoms with Crippen molar-refractivity contribution >= 4 is 59.3 Å². The van der Waals surface area contributed by atoms with Gasteiger partial charge in [0.1, 0.15) is 0 Å². The van der Waals surface area contributed by atoms with Crippen LogP contribution in [0.5, 0.6) is 0 Å². The molecule has 0 N–H and O–H groups in total. The standard InChI is InChI=1S/C58H39NS/c1-5-16-40(17-6-1)46-25-15-26-47(36-46)42-28-31-49(32-29-42)59(50-33-35-52-53-34-30-45-24-13-14-27-51(45)58(53)60-56(52)39-50)57-54(43-20-9-3-10-21-43)37-48(41-18-7-2-8-19-41)38-55(57)44-22-11-4-12-23-44/h1-39H. The number of hydrogen-bond acceptors (Lipinski definition) is 2. The molecule has 0 saturated heterocycles. The van der Waals surface area contributed by atoms with Crippen molar-refractivity contribution in [3.63, 3.8) is 0 Å². The van der Waals surface area contributed by atoms with E-state index in [-0.39, 0.29) is 0 Å². The summed E-state index contributed by atoms with van der Waals surface area (Å²) in [5.41, 5.74) is 15.1. The van der Waals surface area contributed by atoms with Gasteiger partial charge in [-0.15, -0.1) is 11.3 Å². The Labute approximate surface area is 354 Å². The normalized spacial score (nSPS) is 11.3. The van der Waals surface area contributed by atoms with Gasteiger partial charge in [-0.25, -0.2) is 0 Å². The van der Waals surface area contributed by atoms with E-state index in [1.165, 1.54) is 64.3 Å². The summed E-state index contributed by atoms with van der Waals surface area (Å²) in [6, 6.07) is 86.2. The molecular weight excluding hydrogens is 743 g/mol. The molecule has 0 bridgehead atoms.